The fourth-order valence-corrected chi connectivity index (χ4v) is 1.91. The van der Waals surface area contributed by atoms with E-state index in [1.54, 1.807) is 6.07 Å². The zero-order chi connectivity index (χ0) is 12.3. The van der Waals surface area contributed by atoms with Crippen LogP contribution in [-0.2, 0) is 0 Å². The monoisotopic (exact) mass is 260 g/mol. The second-order valence-corrected chi connectivity index (χ2v) is 5.03. The maximum absolute atomic E-state index is 5.99. The smallest absolute Gasteiger partial charge is 0.0614 e. The number of nitrogens with two attached hydrogens (primary N) is 1. The molecule has 0 fully saturated rings. The first-order chi connectivity index (χ1) is 7.45. The van der Waals surface area contributed by atoms with Gasteiger partial charge in [-0.05, 0) is 18.1 Å². The predicted octanol–water partition coefficient (Wildman–Crippen LogP) is 4.06. The van der Waals surface area contributed by atoms with Crippen LogP contribution in [0.25, 0.3) is 0 Å². The van der Waals surface area contributed by atoms with Crippen molar-refractivity contribution in [1.29, 1.82) is 0 Å². The number of rotatable bonds is 4. The largest absolute Gasteiger partial charge is 0.397 e. The van der Waals surface area contributed by atoms with Gasteiger partial charge in [0.15, 0.2) is 0 Å². The SMILES string of the molecule is CCC(C)CN(C)c1cc(Cl)c(Cl)cc1N. The van der Waals surface area contributed by atoms with E-state index in [9.17, 15) is 0 Å². The molecule has 0 saturated carbocycles. The van der Waals surface area contributed by atoms with Gasteiger partial charge in [-0.25, -0.2) is 0 Å². The third-order valence-corrected chi connectivity index (χ3v) is 3.49. The summed E-state index contributed by atoms with van der Waals surface area (Å²) in [7, 11) is 2.02. The molecule has 1 atom stereocenters. The number of benzene rings is 1. The van der Waals surface area contributed by atoms with Gasteiger partial charge in [0.25, 0.3) is 0 Å². The highest BCUT2D eigenvalue weighted by Crippen LogP contribution is 2.32. The minimum Gasteiger partial charge on any atom is -0.397 e. The Labute approximate surface area is 107 Å². The molecule has 1 aromatic carbocycles. The van der Waals surface area contributed by atoms with Crippen LogP contribution in [0.15, 0.2) is 12.1 Å². The van der Waals surface area contributed by atoms with E-state index in [1.165, 1.54) is 0 Å². The van der Waals surface area contributed by atoms with Crippen molar-refractivity contribution in [2.45, 2.75) is 20.3 Å². The number of hydrogen-bond donors (Lipinski definition) is 1. The molecule has 0 amide bonds. The zero-order valence-electron chi connectivity index (χ0n) is 9.93. The van der Waals surface area contributed by atoms with Crippen LogP contribution >= 0.6 is 23.2 Å². The molecule has 0 radical (unpaired) electrons. The van der Waals surface area contributed by atoms with E-state index < -0.39 is 0 Å². The highest BCUT2D eigenvalue weighted by molar-refractivity contribution is 6.42. The summed E-state index contributed by atoms with van der Waals surface area (Å²) in [5.74, 6) is 0.624. The fraction of sp³-hybridized carbons (Fsp3) is 0.500. The highest BCUT2D eigenvalue weighted by atomic mass is 35.5. The molecule has 0 aliphatic carbocycles. The average Bonchev–Trinajstić information content (AvgIpc) is 2.23. The first-order valence-corrected chi connectivity index (χ1v) is 6.17. The Morgan fingerprint density at radius 2 is 1.88 bits per heavy atom. The first-order valence-electron chi connectivity index (χ1n) is 5.41. The van der Waals surface area contributed by atoms with E-state index in [0.717, 1.165) is 18.7 Å². The van der Waals surface area contributed by atoms with Crippen molar-refractivity contribution in [3.8, 4) is 0 Å². The second-order valence-electron chi connectivity index (χ2n) is 4.22. The van der Waals surface area contributed by atoms with Crippen molar-refractivity contribution in [2.75, 3.05) is 24.2 Å². The van der Waals surface area contributed by atoms with Gasteiger partial charge in [0, 0.05) is 13.6 Å². The van der Waals surface area contributed by atoms with Crippen molar-refractivity contribution < 1.29 is 0 Å². The molecule has 0 aliphatic heterocycles. The van der Waals surface area contributed by atoms with Crippen LogP contribution in [-0.4, -0.2) is 13.6 Å². The van der Waals surface area contributed by atoms with Crippen LogP contribution in [0.1, 0.15) is 20.3 Å². The maximum atomic E-state index is 5.99. The van der Waals surface area contributed by atoms with Crippen molar-refractivity contribution in [2.24, 2.45) is 5.92 Å². The summed E-state index contributed by atoms with van der Waals surface area (Å²) in [5.41, 5.74) is 7.53. The molecule has 1 unspecified atom stereocenters. The summed E-state index contributed by atoms with van der Waals surface area (Å²) >= 11 is 11.9. The van der Waals surface area contributed by atoms with E-state index in [4.69, 9.17) is 28.9 Å². The lowest BCUT2D eigenvalue weighted by Gasteiger charge is -2.24. The third-order valence-electron chi connectivity index (χ3n) is 2.76. The zero-order valence-corrected chi connectivity index (χ0v) is 11.4. The van der Waals surface area contributed by atoms with Crippen molar-refractivity contribution in [3.05, 3.63) is 22.2 Å². The van der Waals surface area contributed by atoms with Gasteiger partial charge in [0.2, 0.25) is 0 Å². The van der Waals surface area contributed by atoms with Gasteiger partial charge in [-0.15, -0.1) is 0 Å². The summed E-state index contributed by atoms with van der Waals surface area (Å²) in [6, 6.07) is 3.52. The van der Waals surface area contributed by atoms with Crippen molar-refractivity contribution in [1.82, 2.24) is 0 Å². The average molecular weight is 261 g/mol. The quantitative estimate of drug-likeness (QED) is 0.828. The van der Waals surface area contributed by atoms with Crippen molar-refractivity contribution in [3.63, 3.8) is 0 Å². The molecular formula is C12H18Cl2N2. The number of nitrogen functional groups attached to an aromatic ring is 1. The van der Waals surface area contributed by atoms with E-state index in [-0.39, 0.29) is 0 Å². The predicted molar refractivity (Wildman–Crippen MR) is 73.6 cm³/mol. The van der Waals surface area contributed by atoms with E-state index in [0.29, 0.717) is 21.7 Å². The summed E-state index contributed by atoms with van der Waals surface area (Å²) in [6.07, 6.45) is 1.14. The minimum atomic E-state index is 0.500. The Kier molecular flexibility index (Phi) is 4.75. The Bertz CT molecular complexity index is 366. The van der Waals surface area contributed by atoms with E-state index >= 15 is 0 Å². The Morgan fingerprint density at radius 1 is 1.31 bits per heavy atom. The lowest BCUT2D eigenvalue weighted by molar-refractivity contribution is 0.560. The Morgan fingerprint density at radius 3 is 2.44 bits per heavy atom. The topological polar surface area (TPSA) is 29.3 Å². The first kappa shape index (κ1) is 13.5. The molecule has 1 aromatic rings. The van der Waals surface area contributed by atoms with Gasteiger partial charge in [0.05, 0.1) is 21.4 Å². The van der Waals surface area contributed by atoms with Crippen LogP contribution in [0, 0.1) is 5.92 Å². The van der Waals surface area contributed by atoms with E-state index in [1.807, 2.05) is 13.1 Å². The molecule has 90 valence electrons. The third kappa shape index (κ3) is 3.19. The number of anilines is 2. The summed E-state index contributed by atoms with van der Waals surface area (Å²) in [6.45, 7) is 5.35. The van der Waals surface area contributed by atoms with Crippen LogP contribution in [0.3, 0.4) is 0 Å². The molecule has 2 N–H and O–H groups in total. The normalized spacial score (nSPS) is 12.6. The molecule has 1 rings (SSSR count). The van der Waals surface area contributed by atoms with Crippen LogP contribution in [0.4, 0.5) is 11.4 Å². The van der Waals surface area contributed by atoms with Gasteiger partial charge in [-0.2, -0.15) is 0 Å². The van der Waals surface area contributed by atoms with Gasteiger partial charge in [-0.3, -0.25) is 0 Å². The van der Waals surface area contributed by atoms with Gasteiger partial charge >= 0.3 is 0 Å². The highest BCUT2D eigenvalue weighted by Gasteiger charge is 2.11. The number of hydrogen-bond acceptors (Lipinski definition) is 2. The molecular weight excluding hydrogens is 243 g/mol. The van der Waals surface area contributed by atoms with Crippen LogP contribution in [0.5, 0.6) is 0 Å². The Hall–Kier alpha value is -0.600. The van der Waals surface area contributed by atoms with Crippen molar-refractivity contribution >= 4 is 34.6 Å². The maximum Gasteiger partial charge on any atom is 0.0614 e. The minimum absolute atomic E-state index is 0.500. The standard InChI is InChI=1S/C12H18Cl2N2/c1-4-8(2)7-16(3)12-6-10(14)9(13)5-11(12)15/h5-6,8H,4,7,15H2,1-3H3. The van der Waals surface area contributed by atoms with Gasteiger partial charge in [0.1, 0.15) is 0 Å². The Balaban J connectivity index is 2.91. The molecule has 0 spiro atoms. The molecule has 2 nitrogen and oxygen atoms in total. The molecule has 0 heterocycles. The molecule has 0 aliphatic rings. The van der Waals surface area contributed by atoms with Gasteiger partial charge < -0.3 is 10.6 Å². The second kappa shape index (κ2) is 5.65. The molecule has 4 heteroatoms. The lowest BCUT2D eigenvalue weighted by atomic mass is 10.1. The summed E-state index contributed by atoms with van der Waals surface area (Å²) in [5, 5.41) is 1.04. The molecule has 0 saturated heterocycles. The molecule has 0 aromatic heterocycles. The van der Waals surface area contributed by atoms with Crippen LogP contribution in [0.2, 0.25) is 10.0 Å². The van der Waals surface area contributed by atoms with Gasteiger partial charge in [-0.1, -0.05) is 43.5 Å². The molecule has 0 bridgehead atoms. The van der Waals surface area contributed by atoms with E-state index in [2.05, 4.69) is 18.7 Å². The lowest BCUT2D eigenvalue weighted by Crippen LogP contribution is -2.24. The summed E-state index contributed by atoms with van der Waals surface area (Å²) < 4.78 is 0. The number of nitrogens with zero attached hydrogens (tertiary/aromatic N) is 1. The fourth-order valence-electron chi connectivity index (χ4n) is 1.58. The summed E-state index contributed by atoms with van der Waals surface area (Å²) in [4.78, 5) is 2.12. The number of halogens is 2. The molecule has 16 heavy (non-hydrogen) atoms. The van der Waals surface area contributed by atoms with Crippen LogP contribution < -0.4 is 10.6 Å².